The summed E-state index contributed by atoms with van der Waals surface area (Å²) in [4.78, 5) is 2.35. The van der Waals surface area contributed by atoms with Crippen LogP contribution in [0.25, 0.3) is 0 Å². The molecule has 0 bridgehead atoms. The third-order valence-electron chi connectivity index (χ3n) is 2.70. The van der Waals surface area contributed by atoms with Crippen LogP contribution in [0.2, 0.25) is 0 Å². The second kappa shape index (κ2) is 3.28. The molecule has 0 radical (unpaired) electrons. The van der Waals surface area contributed by atoms with Gasteiger partial charge in [-0.2, -0.15) is 0 Å². The molecule has 2 rings (SSSR count). The second-order valence-corrected chi connectivity index (χ2v) is 4.85. The SMILES string of the molecule is CC1(C)CN(c2cccc(CO)c2)C1. The van der Waals surface area contributed by atoms with E-state index in [0.717, 1.165) is 18.7 Å². The Morgan fingerprint density at radius 1 is 1.36 bits per heavy atom. The zero-order valence-corrected chi connectivity index (χ0v) is 8.83. The number of nitrogens with zero attached hydrogens (tertiary/aromatic N) is 1. The predicted molar refractivity (Wildman–Crippen MR) is 58.4 cm³/mol. The molecule has 1 saturated heterocycles. The fourth-order valence-corrected chi connectivity index (χ4v) is 2.02. The van der Waals surface area contributed by atoms with Crippen LogP contribution in [0, 0.1) is 5.41 Å². The van der Waals surface area contributed by atoms with E-state index in [1.165, 1.54) is 5.69 Å². The third-order valence-corrected chi connectivity index (χ3v) is 2.70. The van der Waals surface area contributed by atoms with Crippen LogP contribution in [0.5, 0.6) is 0 Å². The fraction of sp³-hybridized carbons (Fsp3) is 0.500. The van der Waals surface area contributed by atoms with Gasteiger partial charge in [0.05, 0.1) is 6.61 Å². The normalized spacial score (nSPS) is 19.2. The molecule has 76 valence electrons. The first-order valence-corrected chi connectivity index (χ1v) is 5.05. The maximum absolute atomic E-state index is 9.02. The minimum Gasteiger partial charge on any atom is -0.392 e. The van der Waals surface area contributed by atoms with Gasteiger partial charge in [0.1, 0.15) is 0 Å². The first-order chi connectivity index (χ1) is 6.61. The van der Waals surface area contributed by atoms with Crippen molar-refractivity contribution >= 4 is 5.69 Å². The molecule has 1 N–H and O–H groups in total. The lowest BCUT2D eigenvalue weighted by Gasteiger charge is -2.47. The highest BCUT2D eigenvalue weighted by molar-refractivity contribution is 5.51. The maximum Gasteiger partial charge on any atom is 0.0682 e. The average molecular weight is 191 g/mol. The number of hydrogen-bond donors (Lipinski definition) is 1. The summed E-state index contributed by atoms with van der Waals surface area (Å²) in [5.74, 6) is 0. The second-order valence-electron chi connectivity index (χ2n) is 4.85. The Morgan fingerprint density at radius 3 is 2.64 bits per heavy atom. The largest absolute Gasteiger partial charge is 0.392 e. The van der Waals surface area contributed by atoms with E-state index < -0.39 is 0 Å². The molecule has 1 fully saturated rings. The molecule has 14 heavy (non-hydrogen) atoms. The van der Waals surface area contributed by atoms with Gasteiger partial charge in [0.2, 0.25) is 0 Å². The summed E-state index contributed by atoms with van der Waals surface area (Å²) in [5, 5.41) is 9.02. The molecule has 1 aliphatic heterocycles. The van der Waals surface area contributed by atoms with Crippen LogP contribution in [0.1, 0.15) is 19.4 Å². The van der Waals surface area contributed by atoms with Crippen LogP contribution in [0.3, 0.4) is 0 Å². The van der Waals surface area contributed by atoms with E-state index in [0.29, 0.717) is 5.41 Å². The smallest absolute Gasteiger partial charge is 0.0682 e. The summed E-state index contributed by atoms with van der Waals surface area (Å²) in [6.45, 7) is 6.91. The van der Waals surface area contributed by atoms with Crippen molar-refractivity contribution in [3.05, 3.63) is 29.8 Å². The summed E-state index contributed by atoms with van der Waals surface area (Å²) in [5.41, 5.74) is 2.68. The molecule has 0 saturated carbocycles. The lowest BCUT2D eigenvalue weighted by Crippen LogP contribution is -2.53. The molecule has 2 heteroatoms. The van der Waals surface area contributed by atoms with Gasteiger partial charge in [-0.3, -0.25) is 0 Å². The van der Waals surface area contributed by atoms with Crippen LogP contribution >= 0.6 is 0 Å². The number of hydrogen-bond acceptors (Lipinski definition) is 2. The van der Waals surface area contributed by atoms with Gasteiger partial charge in [0.25, 0.3) is 0 Å². The Bertz CT molecular complexity index is 325. The standard InChI is InChI=1S/C12H17NO/c1-12(2)8-13(9-12)11-5-3-4-10(6-11)7-14/h3-6,14H,7-9H2,1-2H3. The van der Waals surface area contributed by atoms with Crippen LogP contribution in [-0.4, -0.2) is 18.2 Å². The van der Waals surface area contributed by atoms with E-state index >= 15 is 0 Å². The Hall–Kier alpha value is -1.02. The number of rotatable bonds is 2. The van der Waals surface area contributed by atoms with Crippen molar-refractivity contribution in [3.8, 4) is 0 Å². The zero-order valence-electron chi connectivity index (χ0n) is 8.83. The predicted octanol–water partition coefficient (Wildman–Crippen LogP) is 2.03. The monoisotopic (exact) mass is 191 g/mol. The van der Waals surface area contributed by atoms with Gasteiger partial charge in [-0.05, 0) is 23.1 Å². The van der Waals surface area contributed by atoms with Gasteiger partial charge in [-0.25, -0.2) is 0 Å². The Kier molecular flexibility index (Phi) is 2.23. The topological polar surface area (TPSA) is 23.5 Å². The summed E-state index contributed by atoms with van der Waals surface area (Å²) in [7, 11) is 0. The number of anilines is 1. The Morgan fingerprint density at radius 2 is 2.07 bits per heavy atom. The average Bonchev–Trinajstić information content (AvgIpc) is 2.14. The van der Waals surface area contributed by atoms with Gasteiger partial charge in [0.15, 0.2) is 0 Å². The van der Waals surface area contributed by atoms with Crippen LogP contribution in [-0.2, 0) is 6.61 Å². The van der Waals surface area contributed by atoms with Crippen molar-refractivity contribution in [2.45, 2.75) is 20.5 Å². The quantitative estimate of drug-likeness (QED) is 0.773. The highest BCUT2D eigenvalue weighted by Crippen LogP contribution is 2.33. The summed E-state index contributed by atoms with van der Waals surface area (Å²) in [6.07, 6.45) is 0. The van der Waals surface area contributed by atoms with Gasteiger partial charge in [-0.1, -0.05) is 26.0 Å². The Labute approximate surface area is 85.2 Å². The molecule has 1 aromatic carbocycles. The van der Waals surface area contributed by atoms with E-state index in [2.05, 4.69) is 30.9 Å². The van der Waals surface area contributed by atoms with E-state index in [9.17, 15) is 0 Å². The number of benzene rings is 1. The van der Waals surface area contributed by atoms with E-state index in [1.54, 1.807) is 0 Å². The first-order valence-electron chi connectivity index (χ1n) is 5.05. The van der Waals surface area contributed by atoms with Crippen molar-refractivity contribution in [1.29, 1.82) is 0 Å². The molecule has 0 atom stereocenters. The van der Waals surface area contributed by atoms with Gasteiger partial charge in [-0.15, -0.1) is 0 Å². The van der Waals surface area contributed by atoms with Crippen molar-refractivity contribution in [2.75, 3.05) is 18.0 Å². The highest BCUT2D eigenvalue weighted by Gasteiger charge is 2.33. The van der Waals surface area contributed by atoms with E-state index in [4.69, 9.17) is 5.11 Å². The molecule has 1 heterocycles. The van der Waals surface area contributed by atoms with Crippen LogP contribution in [0.15, 0.2) is 24.3 Å². The lowest BCUT2D eigenvalue weighted by atomic mass is 9.84. The summed E-state index contributed by atoms with van der Waals surface area (Å²) < 4.78 is 0. The first kappa shape index (κ1) is 9.53. The van der Waals surface area contributed by atoms with E-state index in [1.807, 2.05) is 12.1 Å². The van der Waals surface area contributed by atoms with Crippen molar-refractivity contribution < 1.29 is 5.11 Å². The van der Waals surface area contributed by atoms with Crippen molar-refractivity contribution in [3.63, 3.8) is 0 Å². The number of aliphatic hydroxyl groups excluding tert-OH is 1. The fourth-order valence-electron chi connectivity index (χ4n) is 2.02. The molecule has 0 aliphatic carbocycles. The van der Waals surface area contributed by atoms with Gasteiger partial charge in [0, 0.05) is 18.8 Å². The molecule has 0 unspecified atom stereocenters. The molecular weight excluding hydrogens is 174 g/mol. The minimum atomic E-state index is 0.130. The van der Waals surface area contributed by atoms with Gasteiger partial charge >= 0.3 is 0 Å². The van der Waals surface area contributed by atoms with Gasteiger partial charge < -0.3 is 10.0 Å². The van der Waals surface area contributed by atoms with Crippen LogP contribution < -0.4 is 4.90 Å². The zero-order chi connectivity index (χ0) is 10.2. The molecule has 2 nitrogen and oxygen atoms in total. The maximum atomic E-state index is 9.02. The number of aliphatic hydroxyl groups is 1. The lowest BCUT2D eigenvalue weighted by molar-refractivity contribution is 0.274. The molecule has 0 spiro atoms. The molecule has 1 aromatic rings. The molecule has 1 aliphatic rings. The molecule has 0 amide bonds. The highest BCUT2D eigenvalue weighted by atomic mass is 16.3. The summed E-state index contributed by atoms with van der Waals surface area (Å²) >= 11 is 0. The Balaban J connectivity index is 2.11. The van der Waals surface area contributed by atoms with Crippen molar-refractivity contribution in [2.24, 2.45) is 5.41 Å². The third kappa shape index (κ3) is 1.75. The van der Waals surface area contributed by atoms with Crippen molar-refractivity contribution in [1.82, 2.24) is 0 Å². The molecule has 0 aromatic heterocycles. The minimum absolute atomic E-state index is 0.130. The van der Waals surface area contributed by atoms with E-state index in [-0.39, 0.29) is 6.61 Å². The molecular formula is C12H17NO. The summed E-state index contributed by atoms with van der Waals surface area (Å²) in [6, 6.07) is 8.13. The van der Waals surface area contributed by atoms with Crippen LogP contribution in [0.4, 0.5) is 5.69 Å².